The molecule has 1 saturated heterocycles. The van der Waals surface area contributed by atoms with Crippen molar-refractivity contribution in [1.29, 1.82) is 0 Å². The molecule has 1 fully saturated rings. The number of hydrogen-bond acceptors (Lipinski definition) is 7. The van der Waals surface area contributed by atoms with Gasteiger partial charge in [0.2, 0.25) is 0 Å². The standard InChI is InChI=1S/C28H26N2O5S2/c1-28(2,3)20-8-14-23(15-9-20)34-16-17-35-24-7-5-4-6-19(24)18-25-26(31)29(27(36)37-25)21-10-12-22(13-11-21)30(32)33/h4-15,18H,16-17H2,1-3H3/b25-18+. The summed E-state index contributed by atoms with van der Waals surface area (Å²) in [4.78, 5) is 25.4. The molecular formula is C28H26N2O5S2. The molecule has 0 N–H and O–H groups in total. The molecule has 9 heteroatoms. The lowest BCUT2D eigenvalue weighted by Crippen LogP contribution is -2.27. The summed E-state index contributed by atoms with van der Waals surface area (Å²) in [5.41, 5.74) is 2.49. The largest absolute Gasteiger partial charge is 0.490 e. The Morgan fingerprint density at radius 3 is 2.27 bits per heavy atom. The third-order valence-corrected chi connectivity index (χ3v) is 6.95. The van der Waals surface area contributed by atoms with Gasteiger partial charge in [0.25, 0.3) is 11.6 Å². The number of thiocarbonyl (C=S) groups is 1. The van der Waals surface area contributed by atoms with Gasteiger partial charge in [0.1, 0.15) is 24.7 Å². The SMILES string of the molecule is CC(C)(C)c1ccc(OCCOc2ccccc2/C=C2/SC(=S)N(c3ccc([N+](=O)[O-])cc3)C2=O)cc1. The number of nitro benzene ring substituents is 1. The first-order chi connectivity index (χ1) is 17.6. The fraction of sp³-hybridized carbons (Fsp3) is 0.214. The Bertz CT molecular complexity index is 1350. The number of non-ortho nitro benzene ring substituents is 1. The molecule has 1 aliphatic rings. The van der Waals surface area contributed by atoms with Crippen molar-refractivity contribution >= 4 is 51.7 Å². The lowest BCUT2D eigenvalue weighted by atomic mass is 9.87. The normalized spacial score (nSPS) is 14.8. The van der Waals surface area contributed by atoms with Gasteiger partial charge in [0, 0.05) is 17.7 Å². The first kappa shape index (κ1) is 26.4. The van der Waals surface area contributed by atoms with E-state index in [0.29, 0.717) is 33.9 Å². The minimum Gasteiger partial charge on any atom is -0.490 e. The van der Waals surface area contributed by atoms with Gasteiger partial charge in [0.05, 0.1) is 15.5 Å². The van der Waals surface area contributed by atoms with Gasteiger partial charge in [-0.1, -0.05) is 75.1 Å². The number of para-hydroxylation sites is 1. The summed E-state index contributed by atoms with van der Waals surface area (Å²) in [5.74, 6) is 1.11. The summed E-state index contributed by atoms with van der Waals surface area (Å²) in [7, 11) is 0. The second-order valence-corrected chi connectivity index (χ2v) is 11.0. The summed E-state index contributed by atoms with van der Waals surface area (Å²) in [5, 5.41) is 10.9. The van der Waals surface area contributed by atoms with Crippen molar-refractivity contribution in [2.75, 3.05) is 18.1 Å². The molecule has 37 heavy (non-hydrogen) atoms. The summed E-state index contributed by atoms with van der Waals surface area (Å²) in [6, 6.07) is 21.2. The zero-order chi connectivity index (χ0) is 26.6. The number of carbonyl (C=O) groups excluding carboxylic acids is 1. The van der Waals surface area contributed by atoms with Gasteiger partial charge < -0.3 is 9.47 Å². The van der Waals surface area contributed by atoms with Crippen molar-refractivity contribution in [2.45, 2.75) is 26.2 Å². The van der Waals surface area contributed by atoms with E-state index >= 15 is 0 Å². The third kappa shape index (κ3) is 6.36. The topological polar surface area (TPSA) is 81.9 Å². The number of hydrogen-bond donors (Lipinski definition) is 0. The molecule has 1 heterocycles. The van der Waals surface area contributed by atoms with Crippen LogP contribution in [0.15, 0.2) is 77.7 Å². The van der Waals surface area contributed by atoms with Crippen LogP contribution in [0, 0.1) is 10.1 Å². The lowest BCUT2D eigenvalue weighted by molar-refractivity contribution is -0.384. The molecule has 0 radical (unpaired) electrons. The highest BCUT2D eigenvalue weighted by molar-refractivity contribution is 8.27. The van der Waals surface area contributed by atoms with Gasteiger partial charge >= 0.3 is 0 Å². The third-order valence-electron chi connectivity index (χ3n) is 5.65. The fourth-order valence-corrected chi connectivity index (χ4v) is 4.94. The highest BCUT2D eigenvalue weighted by Gasteiger charge is 2.33. The molecule has 0 bridgehead atoms. The van der Waals surface area contributed by atoms with E-state index in [1.54, 1.807) is 6.08 Å². The van der Waals surface area contributed by atoms with Crippen LogP contribution in [0.5, 0.6) is 11.5 Å². The molecule has 3 aromatic carbocycles. The van der Waals surface area contributed by atoms with E-state index in [0.717, 1.165) is 11.3 Å². The van der Waals surface area contributed by atoms with Crippen molar-refractivity contribution in [3.8, 4) is 11.5 Å². The van der Waals surface area contributed by atoms with Crippen molar-refractivity contribution < 1.29 is 19.2 Å². The quantitative estimate of drug-likeness (QED) is 0.104. The van der Waals surface area contributed by atoms with Crippen LogP contribution in [0.3, 0.4) is 0 Å². The molecule has 0 saturated carbocycles. The predicted molar refractivity (Wildman–Crippen MR) is 151 cm³/mol. The van der Waals surface area contributed by atoms with E-state index in [4.69, 9.17) is 21.7 Å². The molecule has 1 aliphatic heterocycles. The molecular weight excluding hydrogens is 508 g/mol. The minimum atomic E-state index is -0.487. The lowest BCUT2D eigenvalue weighted by Gasteiger charge is -2.19. The summed E-state index contributed by atoms with van der Waals surface area (Å²) >= 11 is 6.59. The Hall–Kier alpha value is -3.69. The maximum atomic E-state index is 13.1. The minimum absolute atomic E-state index is 0.0540. The maximum absolute atomic E-state index is 13.1. The average molecular weight is 535 g/mol. The molecule has 190 valence electrons. The molecule has 1 amide bonds. The van der Waals surface area contributed by atoms with Gasteiger partial charge in [-0.05, 0) is 47.4 Å². The molecule has 4 rings (SSSR count). The van der Waals surface area contributed by atoms with Crippen LogP contribution in [-0.2, 0) is 10.2 Å². The monoisotopic (exact) mass is 534 g/mol. The van der Waals surface area contributed by atoms with Crippen molar-refractivity contribution in [2.24, 2.45) is 0 Å². The number of anilines is 1. The Morgan fingerprint density at radius 1 is 0.973 bits per heavy atom. The number of benzene rings is 3. The highest BCUT2D eigenvalue weighted by Crippen LogP contribution is 2.37. The van der Waals surface area contributed by atoms with Crippen LogP contribution in [-0.4, -0.2) is 28.4 Å². The fourth-order valence-electron chi connectivity index (χ4n) is 3.65. The van der Waals surface area contributed by atoms with Crippen molar-refractivity contribution in [3.63, 3.8) is 0 Å². The van der Waals surface area contributed by atoms with Crippen LogP contribution in [0.1, 0.15) is 31.9 Å². The molecule has 0 unspecified atom stereocenters. The second kappa shape index (κ2) is 11.1. The van der Waals surface area contributed by atoms with Crippen molar-refractivity contribution in [3.05, 3.63) is 98.9 Å². The average Bonchev–Trinajstić information content (AvgIpc) is 3.15. The first-order valence-corrected chi connectivity index (χ1v) is 12.8. The van der Waals surface area contributed by atoms with E-state index in [1.165, 1.54) is 46.5 Å². The van der Waals surface area contributed by atoms with Gasteiger partial charge in [-0.25, -0.2) is 0 Å². The molecule has 0 aliphatic carbocycles. The highest BCUT2D eigenvalue weighted by atomic mass is 32.2. The van der Waals surface area contributed by atoms with Crippen LogP contribution in [0.4, 0.5) is 11.4 Å². The molecule has 0 atom stereocenters. The summed E-state index contributed by atoms with van der Waals surface area (Å²) in [6.07, 6.45) is 1.74. The van der Waals surface area contributed by atoms with Crippen LogP contribution >= 0.6 is 24.0 Å². The van der Waals surface area contributed by atoms with E-state index in [9.17, 15) is 14.9 Å². The Kier molecular flexibility index (Phi) is 7.94. The van der Waals surface area contributed by atoms with E-state index in [-0.39, 0.29) is 17.0 Å². The molecule has 3 aromatic rings. The predicted octanol–water partition coefficient (Wildman–Crippen LogP) is 6.76. The Morgan fingerprint density at radius 2 is 1.62 bits per heavy atom. The van der Waals surface area contributed by atoms with E-state index < -0.39 is 4.92 Å². The summed E-state index contributed by atoms with van der Waals surface area (Å²) < 4.78 is 12.1. The van der Waals surface area contributed by atoms with Gasteiger partial charge in [0.15, 0.2) is 4.32 Å². The Labute approximate surface area is 225 Å². The van der Waals surface area contributed by atoms with Crippen LogP contribution < -0.4 is 14.4 Å². The van der Waals surface area contributed by atoms with Crippen molar-refractivity contribution in [1.82, 2.24) is 0 Å². The van der Waals surface area contributed by atoms with Gasteiger partial charge in [-0.15, -0.1) is 0 Å². The van der Waals surface area contributed by atoms with E-state index in [2.05, 4.69) is 32.9 Å². The number of rotatable bonds is 8. The number of amides is 1. The van der Waals surface area contributed by atoms with Gasteiger partial charge in [-0.3, -0.25) is 19.8 Å². The zero-order valence-electron chi connectivity index (χ0n) is 20.7. The summed E-state index contributed by atoms with van der Waals surface area (Å²) in [6.45, 7) is 7.20. The number of thioether (sulfide) groups is 1. The first-order valence-electron chi connectivity index (χ1n) is 11.6. The number of ether oxygens (including phenoxy) is 2. The van der Waals surface area contributed by atoms with E-state index in [1.807, 2.05) is 36.4 Å². The van der Waals surface area contributed by atoms with Gasteiger partial charge in [-0.2, -0.15) is 0 Å². The molecule has 0 aromatic heterocycles. The number of carbonyl (C=O) groups is 1. The second-order valence-electron chi connectivity index (χ2n) is 9.30. The van der Waals surface area contributed by atoms with Crippen LogP contribution in [0.25, 0.3) is 6.08 Å². The zero-order valence-corrected chi connectivity index (χ0v) is 22.3. The smallest absolute Gasteiger partial charge is 0.270 e. The number of nitrogens with zero attached hydrogens (tertiary/aromatic N) is 2. The van der Waals surface area contributed by atoms with Crippen LogP contribution in [0.2, 0.25) is 0 Å². The maximum Gasteiger partial charge on any atom is 0.270 e. The number of nitro groups is 1. The molecule has 0 spiro atoms. The molecule has 7 nitrogen and oxygen atoms in total. The Balaban J connectivity index is 1.40.